The van der Waals surface area contributed by atoms with Gasteiger partial charge < -0.3 is 0 Å². The predicted molar refractivity (Wildman–Crippen MR) is 88.3 cm³/mol. The van der Waals surface area contributed by atoms with E-state index in [0.717, 1.165) is 0 Å². The van der Waals surface area contributed by atoms with Crippen LogP contribution in [-0.4, -0.2) is 14.7 Å². The zero-order valence-electron chi connectivity index (χ0n) is 12.1. The molecule has 0 spiro atoms. The molecule has 0 atom stereocenters. The van der Waals surface area contributed by atoms with Crippen molar-refractivity contribution in [2.75, 3.05) is 0 Å². The molecule has 8 heteroatoms. The van der Waals surface area contributed by atoms with Crippen LogP contribution in [0.25, 0.3) is 16.9 Å². The summed E-state index contributed by atoms with van der Waals surface area (Å²) in [7, 11) is 0. The number of rotatable bonds is 4. The van der Waals surface area contributed by atoms with Gasteiger partial charge in [0.2, 0.25) is 0 Å². The molecule has 2 aromatic carbocycles. The van der Waals surface area contributed by atoms with Gasteiger partial charge in [0.25, 0.3) is 12.1 Å². The van der Waals surface area contributed by atoms with Crippen LogP contribution < -0.4 is 0 Å². The molecular formula is C16H10BrF2N3O2. The molecule has 3 aromatic rings. The first-order valence-electron chi connectivity index (χ1n) is 6.86. The smallest absolute Gasteiger partial charge is 0.258 e. The maximum absolute atomic E-state index is 13.5. The van der Waals surface area contributed by atoms with Crippen molar-refractivity contribution < 1.29 is 13.7 Å². The molecule has 0 saturated carbocycles. The quantitative estimate of drug-likeness (QED) is 0.454. The van der Waals surface area contributed by atoms with Crippen LogP contribution in [0.2, 0.25) is 0 Å². The van der Waals surface area contributed by atoms with Crippen molar-refractivity contribution in [2.45, 2.75) is 6.43 Å². The first-order chi connectivity index (χ1) is 11.5. The van der Waals surface area contributed by atoms with Gasteiger partial charge in [-0.3, -0.25) is 10.1 Å². The van der Waals surface area contributed by atoms with Crippen molar-refractivity contribution in [3.05, 3.63) is 74.9 Å². The molecular weight excluding hydrogens is 384 g/mol. The van der Waals surface area contributed by atoms with Crippen molar-refractivity contribution in [1.82, 2.24) is 9.78 Å². The number of benzene rings is 2. The molecule has 5 nitrogen and oxygen atoms in total. The van der Waals surface area contributed by atoms with Gasteiger partial charge in [-0.15, -0.1) is 0 Å². The normalized spacial score (nSPS) is 11.0. The van der Waals surface area contributed by atoms with E-state index < -0.39 is 11.3 Å². The summed E-state index contributed by atoms with van der Waals surface area (Å²) < 4.78 is 28.4. The molecule has 1 aromatic heterocycles. The average molecular weight is 394 g/mol. The molecule has 3 rings (SSSR count). The van der Waals surface area contributed by atoms with Gasteiger partial charge in [-0.25, -0.2) is 13.5 Å². The number of nitro benzene ring substituents is 1. The van der Waals surface area contributed by atoms with E-state index in [0.29, 0.717) is 11.3 Å². The number of nitro groups is 1. The van der Waals surface area contributed by atoms with E-state index in [1.54, 1.807) is 30.3 Å². The third kappa shape index (κ3) is 2.92. The second-order valence-electron chi connectivity index (χ2n) is 4.91. The molecule has 0 aliphatic rings. The van der Waals surface area contributed by atoms with Crippen molar-refractivity contribution in [3.8, 4) is 16.9 Å². The number of nitrogens with zero attached hydrogens (tertiary/aromatic N) is 3. The molecule has 0 saturated heterocycles. The number of non-ortho nitro benzene ring substituents is 1. The minimum Gasteiger partial charge on any atom is -0.258 e. The molecule has 122 valence electrons. The highest BCUT2D eigenvalue weighted by Gasteiger charge is 2.25. The van der Waals surface area contributed by atoms with Gasteiger partial charge >= 0.3 is 0 Å². The first-order valence-corrected chi connectivity index (χ1v) is 7.65. The molecule has 0 fully saturated rings. The van der Waals surface area contributed by atoms with E-state index in [9.17, 15) is 18.9 Å². The second-order valence-corrected chi connectivity index (χ2v) is 5.66. The van der Waals surface area contributed by atoms with Crippen LogP contribution in [0, 0.1) is 10.1 Å². The van der Waals surface area contributed by atoms with Crippen molar-refractivity contribution in [1.29, 1.82) is 0 Å². The van der Waals surface area contributed by atoms with Gasteiger partial charge in [0.1, 0.15) is 10.3 Å². The topological polar surface area (TPSA) is 61.0 Å². The van der Waals surface area contributed by atoms with Crippen molar-refractivity contribution in [3.63, 3.8) is 0 Å². The summed E-state index contributed by atoms with van der Waals surface area (Å²) in [6.07, 6.45) is -2.72. The fraction of sp³-hybridized carbons (Fsp3) is 0.0625. The summed E-state index contributed by atoms with van der Waals surface area (Å²) in [6, 6.07) is 14.2. The number of aromatic nitrogens is 2. The first kappa shape index (κ1) is 16.3. The number of hydrogen-bond donors (Lipinski definition) is 0. The lowest BCUT2D eigenvalue weighted by molar-refractivity contribution is -0.384. The zero-order chi connectivity index (χ0) is 17.3. The summed E-state index contributed by atoms with van der Waals surface area (Å²) in [5.41, 5.74) is 0.862. The number of alkyl halides is 2. The Kier molecular flexibility index (Phi) is 4.39. The van der Waals surface area contributed by atoms with Crippen LogP contribution in [0.5, 0.6) is 0 Å². The van der Waals surface area contributed by atoms with E-state index in [1.807, 2.05) is 0 Å². The Bertz CT molecular complexity index is 880. The van der Waals surface area contributed by atoms with E-state index in [1.165, 1.54) is 28.9 Å². The molecule has 0 bridgehead atoms. The second kappa shape index (κ2) is 6.48. The lowest BCUT2D eigenvalue weighted by atomic mass is 10.1. The molecule has 0 radical (unpaired) electrons. The van der Waals surface area contributed by atoms with Gasteiger partial charge in [0.15, 0.2) is 0 Å². The molecule has 0 aliphatic heterocycles. The van der Waals surface area contributed by atoms with E-state index in [2.05, 4.69) is 21.0 Å². The van der Waals surface area contributed by atoms with Crippen molar-refractivity contribution >= 4 is 21.6 Å². The van der Waals surface area contributed by atoms with E-state index in [4.69, 9.17) is 0 Å². The summed E-state index contributed by atoms with van der Waals surface area (Å²) >= 11 is 3.17. The summed E-state index contributed by atoms with van der Waals surface area (Å²) in [5, 5.41) is 15.0. The third-order valence-corrected chi connectivity index (χ3v) is 4.20. The monoisotopic (exact) mass is 393 g/mol. The van der Waals surface area contributed by atoms with Crippen LogP contribution in [-0.2, 0) is 0 Å². The standard InChI is InChI=1S/C16H10BrF2N3O2/c17-15-13(16(18)19)14(10-4-2-1-3-5-10)20-21(15)11-6-8-12(9-7-11)22(23)24/h1-9,16H. The fourth-order valence-corrected chi connectivity index (χ4v) is 2.94. The Balaban J connectivity index is 2.14. The van der Waals surface area contributed by atoms with Gasteiger partial charge in [-0.1, -0.05) is 30.3 Å². The number of halogens is 3. The summed E-state index contributed by atoms with van der Waals surface area (Å²) in [6.45, 7) is 0. The number of hydrogen-bond acceptors (Lipinski definition) is 3. The van der Waals surface area contributed by atoms with Crippen LogP contribution in [0.1, 0.15) is 12.0 Å². The predicted octanol–water partition coefficient (Wildman–Crippen LogP) is 5.15. The summed E-state index contributed by atoms with van der Waals surface area (Å²) in [5.74, 6) is 0. The van der Waals surface area contributed by atoms with Crippen LogP contribution >= 0.6 is 15.9 Å². The Morgan fingerprint density at radius 2 is 1.71 bits per heavy atom. The van der Waals surface area contributed by atoms with Crippen LogP contribution in [0.3, 0.4) is 0 Å². The maximum Gasteiger partial charge on any atom is 0.269 e. The molecule has 0 unspecified atom stereocenters. The molecule has 1 heterocycles. The SMILES string of the molecule is O=[N+]([O-])c1ccc(-n2nc(-c3ccccc3)c(C(F)F)c2Br)cc1. The van der Waals surface area contributed by atoms with E-state index in [-0.39, 0.29) is 21.5 Å². The minimum atomic E-state index is -2.72. The minimum absolute atomic E-state index is 0.0839. The average Bonchev–Trinajstić information content (AvgIpc) is 2.93. The van der Waals surface area contributed by atoms with Gasteiger partial charge in [-0.05, 0) is 28.1 Å². The zero-order valence-corrected chi connectivity index (χ0v) is 13.7. The van der Waals surface area contributed by atoms with Crippen molar-refractivity contribution in [2.24, 2.45) is 0 Å². The lowest BCUT2D eigenvalue weighted by Gasteiger charge is -2.03. The van der Waals surface area contributed by atoms with Gasteiger partial charge in [-0.2, -0.15) is 5.10 Å². The Morgan fingerprint density at radius 3 is 2.25 bits per heavy atom. The highest BCUT2D eigenvalue weighted by atomic mass is 79.9. The van der Waals surface area contributed by atoms with Gasteiger partial charge in [0.05, 0.1) is 16.2 Å². The Morgan fingerprint density at radius 1 is 1.08 bits per heavy atom. The fourth-order valence-electron chi connectivity index (χ4n) is 2.30. The Hall–Kier alpha value is -2.61. The highest BCUT2D eigenvalue weighted by molar-refractivity contribution is 9.10. The van der Waals surface area contributed by atoms with Crippen LogP contribution in [0.15, 0.2) is 59.2 Å². The molecule has 0 aliphatic carbocycles. The largest absolute Gasteiger partial charge is 0.269 e. The molecule has 0 amide bonds. The Labute approximate surface area is 143 Å². The molecule has 24 heavy (non-hydrogen) atoms. The lowest BCUT2D eigenvalue weighted by Crippen LogP contribution is -1.97. The van der Waals surface area contributed by atoms with Crippen LogP contribution in [0.4, 0.5) is 14.5 Å². The third-order valence-electron chi connectivity index (χ3n) is 3.43. The maximum atomic E-state index is 13.5. The summed E-state index contributed by atoms with van der Waals surface area (Å²) in [4.78, 5) is 10.2. The van der Waals surface area contributed by atoms with Gasteiger partial charge in [0, 0.05) is 17.7 Å². The highest BCUT2D eigenvalue weighted by Crippen LogP contribution is 2.37. The van der Waals surface area contributed by atoms with E-state index >= 15 is 0 Å². The molecule has 0 N–H and O–H groups in total.